The lowest BCUT2D eigenvalue weighted by atomic mass is 9.93. The van der Waals surface area contributed by atoms with Crippen molar-refractivity contribution in [2.24, 2.45) is 0 Å². The molecule has 0 bridgehead atoms. The van der Waals surface area contributed by atoms with E-state index in [-0.39, 0.29) is 24.4 Å². The van der Waals surface area contributed by atoms with Gasteiger partial charge in [-0.1, -0.05) is 24.3 Å². The molecule has 0 N–H and O–H groups in total. The van der Waals surface area contributed by atoms with Crippen molar-refractivity contribution in [3.63, 3.8) is 0 Å². The zero-order chi connectivity index (χ0) is 19.7. The summed E-state index contributed by atoms with van der Waals surface area (Å²) in [6.45, 7) is 1.54. The molecule has 1 aliphatic heterocycles. The first-order chi connectivity index (χ1) is 13.5. The van der Waals surface area contributed by atoms with Gasteiger partial charge in [-0.05, 0) is 43.9 Å². The summed E-state index contributed by atoms with van der Waals surface area (Å²) in [7, 11) is 5.80. The van der Waals surface area contributed by atoms with Crippen molar-refractivity contribution in [2.75, 3.05) is 34.3 Å². The van der Waals surface area contributed by atoms with Crippen LogP contribution in [0.25, 0.3) is 11.0 Å². The van der Waals surface area contributed by atoms with Gasteiger partial charge < -0.3 is 14.5 Å². The van der Waals surface area contributed by atoms with Crippen LogP contribution in [-0.4, -0.2) is 71.0 Å². The number of methoxy groups -OCH3 is 1. The number of aromatic nitrogens is 3. The predicted octanol–water partition coefficient (Wildman–Crippen LogP) is 2.00. The van der Waals surface area contributed by atoms with Crippen molar-refractivity contribution in [3.05, 3.63) is 54.1 Å². The van der Waals surface area contributed by atoms with E-state index in [0.717, 1.165) is 16.8 Å². The third kappa shape index (κ3) is 3.57. The Morgan fingerprint density at radius 3 is 2.29 bits per heavy atom. The van der Waals surface area contributed by atoms with Crippen LogP contribution in [-0.2, 0) is 11.3 Å². The minimum absolute atomic E-state index is 0.0446. The van der Waals surface area contributed by atoms with E-state index >= 15 is 0 Å². The Kier molecular flexibility index (Phi) is 5.00. The second kappa shape index (κ2) is 7.59. The maximum Gasteiger partial charge on any atom is 0.246 e. The highest BCUT2D eigenvalue weighted by Crippen LogP contribution is 2.31. The van der Waals surface area contributed by atoms with Gasteiger partial charge in [0.1, 0.15) is 23.3 Å². The van der Waals surface area contributed by atoms with Gasteiger partial charge in [-0.15, -0.1) is 0 Å². The molecule has 2 aromatic carbocycles. The molecule has 1 aromatic heterocycles. The van der Waals surface area contributed by atoms with E-state index in [9.17, 15) is 4.79 Å². The van der Waals surface area contributed by atoms with Crippen molar-refractivity contribution >= 4 is 16.9 Å². The summed E-state index contributed by atoms with van der Waals surface area (Å²) >= 11 is 0. The zero-order valence-electron chi connectivity index (χ0n) is 16.4. The van der Waals surface area contributed by atoms with Crippen LogP contribution in [0.5, 0.6) is 5.75 Å². The van der Waals surface area contributed by atoms with E-state index in [4.69, 9.17) is 4.74 Å². The van der Waals surface area contributed by atoms with Gasteiger partial charge in [0.05, 0.1) is 7.11 Å². The summed E-state index contributed by atoms with van der Waals surface area (Å²) in [5, 5.41) is 8.82. The first kappa shape index (κ1) is 18.4. The van der Waals surface area contributed by atoms with Crippen LogP contribution < -0.4 is 4.74 Å². The summed E-state index contributed by atoms with van der Waals surface area (Å²) in [5.74, 6) is 1.14. The summed E-state index contributed by atoms with van der Waals surface area (Å²) < 4.78 is 5.27. The second-order valence-corrected chi connectivity index (χ2v) is 7.43. The standard InChI is InChI=1S/C21H25N5O2/c1-24(2)20-13-25(12-17(20)15-8-10-16(28-3)11-9-15)21(27)14-26-22-18-6-4-5-7-19(18)23-26/h4-11,17,20H,12-14H2,1-3H3. The average Bonchev–Trinajstić information content (AvgIpc) is 3.32. The molecule has 2 heterocycles. The van der Waals surface area contributed by atoms with Crippen LogP contribution in [0.2, 0.25) is 0 Å². The number of rotatable bonds is 5. The molecular formula is C21H25N5O2. The number of fused-ring (bicyclic) bond motifs is 1. The molecule has 7 nitrogen and oxygen atoms in total. The number of hydrogen-bond donors (Lipinski definition) is 0. The summed E-state index contributed by atoms with van der Waals surface area (Å²) in [4.78, 5) is 18.5. The van der Waals surface area contributed by atoms with E-state index in [1.54, 1.807) is 7.11 Å². The quantitative estimate of drug-likeness (QED) is 0.678. The van der Waals surface area contributed by atoms with E-state index < -0.39 is 0 Å². The SMILES string of the molecule is COc1ccc(C2CN(C(=O)Cn3nc4ccccc4n3)CC2N(C)C)cc1. The van der Waals surface area contributed by atoms with Gasteiger partial charge in [-0.3, -0.25) is 4.79 Å². The smallest absolute Gasteiger partial charge is 0.246 e. The van der Waals surface area contributed by atoms with Crippen molar-refractivity contribution < 1.29 is 9.53 Å². The molecule has 1 fully saturated rings. The Bertz CT molecular complexity index is 933. The molecule has 1 saturated heterocycles. The predicted molar refractivity (Wildman–Crippen MR) is 107 cm³/mol. The molecule has 4 rings (SSSR count). The number of ether oxygens (including phenoxy) is 1. The molecule has 3 aromatic rings. The number of amides is 1. The highest BCUT2D eigenvalue weighted by atomic mass is 16.5. The van der Waals surface area contributed by atoms with Gasteiger partial charge in [0, 0.05) is 25.0 Å². The molecule has 2 unspecified atom stereocenters. The van der Waals surface area contributed by atoms with Crippen LogP contribution >= 0.6 is 0 Å². The van der Waals surface area contributed by atoms with Crippen LogP contribution in [0.1, 0.15) is 11.5 Å². The Labute approximate surface area is 164 Å². The molecule has 0 spiro atoms. The molecule has 1 aliphatic rings. The topological polar surface area (TPSA) is 63.5 Å². The summed E-state index contributed by atoms with van der Waals surface area (Å²) in [5.41, 5.74) is 2.83. The molecule has 146 valence electrons. The summed E-state index contributed by atoms with van der Waals surface area (Å²) in [6, 6.07) is 16.1. The Morgan fingerprint density at radius 1 is 1.07 bits per heavy atom. The molecule has 0 saturated carbocycles. The third-order valence-electron chi connectivity index (χ3n) is 5.45. The normalized spacial score (nSPS) is 19.5. The van der Waals surface area contributed by atoms with Gasteiger partial charge in [0.2, 0.25) is 5.91 Å². The largest absolute Gasteiger partial charge is 0.497 e. The first-order valence-electron chi connectivity index (χ1n) is 9.43. The number of carbonyl (C=O) groups excluding carboxylic acids is 1. The first-order valence-corrected chi connectivity index (χ1v) is 9.43. The van der Waals surface area contributed by atoms with Crippen LogP contribution in [0.3, 0.4) is 0 Å². The molecule has 7 heteroatoms. The molecular weight excluding hydrogens is 354 g/mol. The molecule has 0 radical (unpaired) electrons. The van der Waals surface area contributed by atoms with Crippen LogP contribution in [0.4, 0.5) is 0 Å². The molecule has 2 atom stereocenters. The number of nitrogens with zero attached hydrogens (tertiary/aromatic N) is 5. The van der Waals surface area contributed by atoms with E-state index in [0.29, 0.717) is 13.1 Å². The average molecular weight is 379 g/mol. The Hall–Kier alpha value is -2.93. The highest BCUT2D eigenvalue weighted by Gasteiger charge is 2.37. The van der Waals surface area contributed by atoms with Gasteiger partial charge in [0.15, 0.2) is 0 Å². The van der Waals surface area contributed by atoms with Gasteiger partial charge in [-0.2, -0.15) is 15.0 Å². The van der Waals surface area contributed by atoms with Crippen LogP contribution in [0, 0.1) is 0 Å². The van der Waals surface area contributed by atoms with Gasteiger partial charge in [0.25, 0.3) is 0 Å². The fourth-order valence-electron chi connectivity index (χ4n) is 3.89. The van der Waals surface area contributed by atoms with E-state index in [1.807, 2.05) is 41.3 Å². The lowest BCUT2D eigenvalue weighted by Gasteiger charge is -2.25. The number of benzene rings is 2. The van der Waals surface area contributed by atoms with Crippen LogP contribution in [0.15, 0.2) is 48.5 Å². The number of carbonyl (C=O) groups is 1. The molecule has 28 heavy (non-hydrogen) atoms. The fourth-order valence-corrected chi connectivity index (χ4v) is 3.89. The number of likely N-dealkylation sites (N-methyl/N-ethyl adjacent to an activating group) is 1. The molecule has 0 aliphatic carbocycles. The molecule has 1 amide bonds. The minimum atomic E-state index is 0.0446. The monoisotopic (exact) mass is 379 g/mol. The lowest BCUT2D eigenvalue weighted by Crippen LogP contribution is -2.37. The van der Waals surface area contributed by atoms with E-state index in [2.05, 4.69) is 41.3 Å². The fraction of sp³-hybridized carbons (Fsp3) is 0.381. The maximum absolute atomic E-state index is 12.9. The van der Waals surface area contributed by atoms with Gasteiger partial charge >= 0.3 is 0 Å². The van der Waals surface area contributed by atoms with E-state index in [1.165, 1.54) is 10.4 Å². The lowest BCUT2D eigenvalue weighted by molar-refractivity contribution is -0.131. The second-order valence-electron chi connectivity index (χ2n) is 7.43. The zero-order valence-corrected chi connectivity index (χ0v) is 16.4. The van der Waals surface area contributed by atoms with Crippen molar-refractivity contribution in [3.8, 4) is 5.75 Å². The summed E-state index contributed by atoms with van der Waals surface area (Å²) in [6.07, 6.45) is 0. The van der Waals surface area contributed by atoms with Gasteiger partial charge in [-0.25, -0.2) is 0 Å². The Morgan fingerprint density at radius 2 is 1.71 bits per heavy atom. The Balaban J connectivity index is 1.50. The van der Waals surface area contributed by atoms with Crippen molar-refractivity contribution in [2.45, 2.75) is 18.5 Å². The third-order valence-corrected chi connectivity index (χ3v) is 5.45. The highest BCUT2D eigenvalue weighted by molar-refractivity contribution is 5.77. The van der Waals surface area contributed by atoms with Crippen molar-refractivity contribution in [1.29, 1.82) is 0 Å². The number of likely N-dealkylation sites (tertiary alicyclic amines) is 1. The van der Waals surface area contributed by atoms with Crippen molar-refractivity contribution in [1.82, 2.24) is 24.8 Å². The minimum Gasteiger partial charge on any atom is -0.497 e. The number of hydrogen-bond acceptors (Lipinski definition) is 5. The maximum atomic E-state index is 12.9.